The molecule has 0 aliphatic heterocycles. The Balaban J connectivity index is 1.96. The molecule has 70 valence electrons. The molecule has 1 N–H and O–H groups in total. The smallest absolute Gasteiger partial charge is 0.129 e. The molecule has 0 aliphatic carbocycles. The summed E-state index contributed by atoms with van der Waals surface area (Å²) in [4.78, 5) is 11.8. The van der Waals surface area contributed by atoms with Crippen molar-refractivity contribution in [2.24, 2.45) is 0 Å². The zero-order valence-corrected chi connectivity index (χ0v) is 7.59. The second-order valence-electron chi connectivity index (χ2n) is 2.80. The lowest BCUT2D eigenvalue weighted by Crippen LogP contribution is -2.00. The van der Waals surface area contributed by atoms with E-state index in [0.29, 0.717) is 0 Å². The van der Waals surface area contributed by atoms with Crippen LogP contribution in [0.2, 0.25) is 0 Å². The maximum absolute atomic E-state index is 4.06. The van der Waals surface area contributed by atoms with E-state index in [1.807, 2.05) is 18.2 Å². The number of nitrogens with zero attached hydrogens (tertiary/aromatic N) is 3. The van der Waals surface area contributed by atoms with Crippen molar-refractivity contribution in [3.63, 3.8) is 0 Å². The van der Waals surface area contributed by atoms with Gasteiger partial charge in [0.2, 0.25) is 0 Å². The quantitative estimate of drug-likeness (QED) is 0.788. The van der Waals surface area contributed by atoms with Crippen LogP contribution in [0.3, 0.4) is 0 Å². The molecule has 0 radical (unpaired) electrons. The lowest BCUT2D eigenvalue weighted by Gasteiger charge is -2.03. The van der Waals surface area contributed by atoms with E-state index in [2.05, 4.69) is 20.3 Å². The zero-order chi connectivity index (χ0) is 9.64. The van der Waals surface area contributed by atoms with Crippen molar-refractivity contribution in [1.29, 1.82) is 0 Å². The highest BCUT2D eigenvalue weighted by molar-refractivity contribution is 5.32. The molecule has 2 aromatic heterocycles. The fraction of sp³-hybridized carbons (Fsp3) is 0.100. The van der Waals surface area contributed by atoms with Crippen LogP contribution in [-0.4, -0.2) is 15.0 Å². The third-order valence-corrected chi connectivity index (χ3v) is 1.80. The third kappa shape index (κ3) is 2.26. The predicted molar refractivity (Wildman–Crippen MR) is 53.6 cm³/mol. The molecule has 0 aliphatic rings. The molecule has 0 atom stereocenters. The molecule has 0 saturated heterocycles. The minimum absolute atomic E-state index is 0.750. The average molecular weight is 186 g/mol. The number of aromatic nitrogens is 3. The Kier molecular flexibility index (Phi) is 2.66. The molecule has 2 heterocycles. The van der Waals surface area contributed by atoms with Crippen LogP contribution >= 0.6 is 0 Å². The molecule has 14 heavy (non-hydrogen) atoms. The van der Waals surface area contributed by atoms with Crippen molar-refractivity contribution < 1.29 is 0 Å². The molecule has 0 amide bonds. The Morgan fingerprint density at radius 1 is 1.00 bits per heavy atom. The SMILES string of the molecule is c1cc(CNc2ccncn2)ccn1. The first-order valence-electron chi connectivity index (χ1n) is 4.34. The van der Waals surface area contributed by atoms with E-state index >= 15 is 0 Å². The molecule has 4 nitrogen and oxygen atoms in total. The number of rotatable bonds is 3. The average Bonchev–Trinajstić information content (AvgIpc) is 2.29. The first-order chi connectivity index (χ1) is 6.95. The second kappa shape index (κ2) is 4.32. The van der Waals surface area contributed by atoms with Crippen molar-refractivity contribution in [2.45, 2.75) is 6.54 Å². The zero-order valence-electron chi connectivity index (χ0n) is 7.59. The van der Waals surface area contributed by atoms with E-state index in [1.165, 1.54) is 11.9 Å². The monoisotopic (exact) mass is 186 g/mol. The third-order valence-electron chi connectivity index (χ3n) is 1.80. The van der Waals surface area contributed by atoms with Gasteiger partial charge in [-0.15, -0.1) is 0 Å². The maximum Gasteiger partial charge on any atom is 0.129 e. The summed E-state index contributed by atoms with van der Waals surface area (Å²) >= 11 is 0. The van der Waals surface area contributed by atoms with Gasteiger partial charge in [0, 0.05) is 25.1 Å². The van der Waals surface area contributed by atoms with Crippen molar-refractivity contribution in [2.75, 3.05) is 5.32 Å². The summed E-state index contributed by atoms with van der Waals surface area (Å²) in [6.07, 6.45) is 6.78. The molecule has 4 heteroatoms. The Morgan fingerprint density at radius 2 is 1.79 bits per heavy atom. The number of hydrogen-bond donors (Lipinski definition) is 1. The van der Waals surface area contributed by atoms with Crippen molar-refractivity contribution >= 4 is 5.82 Å². The van der Waals surface area contributed by atoms with E-state index in [-0.39, 0.29) is 0 Å². The molecule has 0 spiro atoms. The van der Waals surface area contributed by atoms with Crippen LogP contribution in [0.4, 0.5) is 5.82 Å². The van der Waals surface area contributed by atoms with Gasteiger partial charge in [0.1, 0.15) is 12.1 Å². The first kappa shape index (κ1) is 8.62. The van der Waals surface area contributed by atoms with E-state index < -0.39 is 0 Å². The van der Waals surface area contributed by atoms with Gasteiger partial charge in [0.05, 0.1) is 0 Å². The lowest BCUT2D eigenvalue weighted by molar-refractivity contribution is 1.07. The van der Waals surface area contributed by atoms with Gasteiger partial charge in [0.15, 0.2) is 0 Å². The van der Waals surface area contributed by atoms with Gasteiger partial charge in [0.25, 0.3) is 0 Å². The molecule has 2 rings (SSSR count). The fourth-order valence-corrected chi connectivity index (χ4v) is 1.09. The molecule has 0 fully saturated rings. The molecule has 0 bridgehead atoms. The summed E-state index contributed by atoms with van der Waals surface area (Å²) in [5.74, 6) is 0.830. The largest absolute Gasteiger partial charge is 0.366 e. The molecule has 0 unspecified atom stereocenters. The van der Waals surface area contributed by atoms with E-state index in [1.54, 1.807) is 18.6 Å². The normalized spacial score (nSPS) is 9.71. The lowest BCUT2D eigenvalue weighted by atomic mass is 10.3. The molecule has 0 aromatic carbocycles. The standard InChI is InChI=1S/C10H10N4/c1-4-11-5-2-9(1)7-13-10-3-6-12-8-14-10/h1-6,8H,7H2,(H,12,13,14). The van der Waals surface area contributed by atoms with E-state index in [0.717, 1.165) is 12.4 Å². The Hall–Kier alpha value is -1.97. The minimum atomic E-state index is 0.750. The van der Waals surface area contributed by atoms with Gasteiger partial charge in [-0.1, -0.05) is 0 Å². The van der Waals surface area contributed by atoms with Crippen LogP contribution in [0.5, 0.6) is 0 Å². The second-order valence-corrected chi connectivity index (χ2v) is 2.80. The van der Waals surface area contributed by atoms with E-state index in [4.69, 9.17) is 0 Å². The van der Waals surface area contributed by atoms with Crippen LogP contribution in [0.1, 0.15) is 5.56 Å². The molecular weight excluding hydrogens is 176 g/mol. The maximum atomic E-state index is 4.06. The van der Waals surface area contributed by atoms with Crippen molar-refractivity contribution in [3.8, 4) is 0 Å². The number of nitrogens with one attached hydrogen (secondary N) is 1. The molecule has 2 aromatic rings. The fourth-order valence-electron chi connectivity index (χ4n) is 1.09. The minimum Gasteiger partial charge on any atom is -0.366 e. The number of hydrogen-bond acceptors (Lipinski definition) is 4. The van der Waals surface area contributed by atoms with Crippen LogP contribution in [0.15, 0.2) is 43.1 Å². The summed E-state index contributed by atoms with van der Waals surface area (Å²) < 4.78 is 0. The Morgan fingerprint density at radius 3 is 2.50 bits per heavy atom. The predicted octanol–water partition coefficient (Wildman–Crippen LogP) is 1.48. The van der Waals surface area contributed by atoms with Crippen LogP contribution in [0.25, 0.3) is 0 Å². The summed E-state index contributed by atoms with van der Waals surface area (Å²) in [6, 6.07) is 5.77. The Labute approximate surface area is 82.1 Å². The summed E-state index contributed by atoms with van der Waals surface area (Å²) in [7, 11) is 0. The Bertz CT molecular complexity index is 334. The van der Waals surface area contributed by atoms with Gasteiger partial charge >= 0.3 is 0 Å². The van der Waals surface area contributed by atoms with Crippen molar-refractivity contribution in [3.05, 3.63) is 48.7 Å². The summed E-state index contributed by atoms with van der Waals surface area (Å²) in [5, 5.41) is 3.18. The van der Waals surface area contributed by atoms with Crippen molar-refractivity contribution in [1.82, 2.24) is 15.0 Å². The van der Waals surface area contributed by atoms with Gasteiger partial charge in [-0.3, -0.25) is 4.98 Å². The highest BCUT2D eigenvalue weighted by Crippen LogP contribution is 2.02. The van der Waals surface area contributed by atoms with E-state index in [9.17, 15) is 0 Å². The van der Waals surface area contributed by atoms with Gasteiger partial charge in [-0.05, 0) is 23.8 Å². The van der Waals surface area contributed by atoms with Crippen LogP contribution in [-0.2, 0) is 6.54 Å². The molecular formula is C10H10N4. The van der Waals surface area contributed by atoms with Gasteiger partial charge in [-0.2, -0.15) is 0 Å². The highest BCUT2D eigenvalue weighted by Gasteiger charge is 1.92. The van der Waals surface area contributed by atoms with Crippen LogP contribution in [0, 0.1) is 0 Å². The first-order valence-corrected chi connectivity index (χ1v) is 4.34. The topological polar surface area (TPSA) is 50.7 Å². The van der Waals surface area contributed by atoms with Gasteiger partial charge < -0.3 is 5.32 Å². The molecule has 0 saturated carbocycles. The number of pyridine rings is 1. The van der Waals surface area contributed by atoms with Gasteiger partial charge in [-0.25, -0.2) is 9.97 Å². The summed E-state index contributed by atoms with van der Waals surface area (Å²) in [6.45, 7) is 0.750. The summed E-state index contributed by atoms with van der Waals surface area (Å²) in [5.41, 5.74) is 1.18. The highest BCUT2D eigenvalue weighted by atomic mass is 15.0. The number of anilines is 1. The van der Waals surface area contributed by atoms with Crippen LogP contribution < -0.4 is 5.32 Å².